The molecular weight excluding hydrogens is 599 g/mol. The van der Waals surface area contributed by atoms with Crippen LogP contribution < -0.4 is 9.80 Å². The van der Waals surface area contributed by atoms with Crippen LogP contribution in [0.5, 0.6) is 0 Å². The number of alkyl halides is 1. The van der Waals surface area contributed by atoms with Crippen LogP contribution in [-0.4, -0.2) is 30.6 Å². The molecule has 0 bridgehead atoms. The van der Waals surface area contributed by atoms with Crippen molar-refractivity contribution in [2.45, 2.75) is 85.5 Å². The Kier molecular flexibility index (Phi) is 15.0. The molecule has 218 valence electrons. The zero-order chi connectivity index (χ0) is 28.6. The Balaban J connectivity index is 1.91. The highest BCUT2D eigenvalue weighted by atomic mass is 127. The maximum Gasteiger partial charge on any atom is 0.0366 e. The molecule has 0 saturated heterocycles. The maximum atomic E-state index is 2.59. The third-order valence-corrected chi connectivity index (χ3v) is 8.66. The number of hydrogen-bond acceptors (Lipinski definition) is 2. The Bertz CT molecular complexity index is 981. The van der Waals surface area contributed by atoms with Crippen LogP contribution in [0.1, 0.15) is 96.6 Å². The Morgan fingerprint density at radius 1 is 0.600 bits per heavy atom. The largest absolute Gasteiger partial charge is 0.372 e. The van der Waals surface area contributed by atoms with E-state index in [9.17, 15) is 0 Å². The standard InChI is InChI=1S/C37H53IN2/c1-5-8-12-29-39(27-9-6-2)35-22-18-33(19-23-35)37(32-16-14-31(4)15-17-32)34-20-24-36(25-21-34)40(28-10-7-3)30-13-11-26-38/h14-25,31H,5-13,26-30H2,1-4H3. The third kappa shape index (κ3) is 10.1. The van der Waals surface area contributed by atoms with Gasteiger partial charge in [0.25, 0.3) is 0 Å². The minimum atomic E-state index is 0.486. The molecule has 0 atom stereocenters. The van der Waals surface area contributed by atoms with Crippen molar-refractivity contribution in [1.82, 2.24) is 0 Å². The van der Waals surface area contributed by atoms with Gasteiger partial charge in [-0.1, -0.05) is 125 Å². The molecule has 3 heteroatoms. The van der Waals surface area contributed by atoms with Gasteiger partial charge >= 0.3 is 0 Å². The number of hydrogen-bond donors (Lipinski definition) is 0. The highest BCUT2D eigenvalue weighted by Crippen LogP contribution is 2.33. The summed E-state index contributed by atoms with van der Waals surface area (Å²) < 4.78 is 1.24. The summed E-state index contributed by atoms with van der Waals surface area (Å²) in [4.78, 5) is 5.18. The first-order valence-corrected chi connectivity index (χ1v) is 17.5. The number of unbranched alkanes of at least 4 members (excludes halogenated alkanes) is 5. The van der Waals surface area contributed by atoms with E-state index in [-0.39, 0.29) is 0 Å². The van der Waals surface area contributed by atoms with Crippen molar-refractivity contribution in [3.05, 3.63) is 89.5 Å². The number of halogens is 1. The molecule has 0 N–H and O–H groups in total. The quantitative estimate of drug-likeness (QED) is 0.0898. The minimum absolute atomic E-state index is 0.486. The Hall–Kier alpha value is -2.01. The molecule has 0 amide bonds. The van der Waals surface area contributed by atoms with Crippen LogP contribution in [0.3, 0.4) is 0 Å². The Morgan fingerprint density at radius 2 is 1.02 bits per heavy atom. The highest BCUT2D eigenvalue weighted by Gasteiger charge is 2.14. The number of anilines is 2. The van der Waals surface area contributed by atoms with E-state index in [0.29, 0.717) is 5.92 Å². The number of benzene rings is 2. The van der Waals surface area contributed by atoms with Gasteiger partial charge in [0, 0.05) is 37.6 Å². The van der Waals surface area contributed by atoms with Crippen LogP contribution in [0.4, 0.5) is 11.4 Å². The summed E-state index contributed by atoms with van der Waals surface area (Å²) in [6.07, 6.45) is 20.6. The van der Waals surface area contributed by atoms with Gasteiger partial charge < -0.3 is 9.80 Å². The zero-order valence-corrected chi connectivity index (χ0v) is 27.8. The van der Waals surface area contributed by atoms with E-state index < -0.39 is 0 Å². The number of allylic oxidation sites excluding steroid dienone is 5. The molecule has 3 rings (SSSR count). The molecule has 0 aliphatic heterocycles. The van der Waals surface area contributed by atoms with Gasteiger partial charge in [0.05, 0.1) is 0 Å². The van der Waals surface area contributed by atoms with E-state index in [1.54, 1.807) is 0 Å². The number of nitrogens with zero attached hydrogens (tertiary/aromatic N) is 2. The molecule has 2 aromatic carbocycles. The molecule has 1 aliphatic rings. The van der Waals surface area contributed by atoms with E-state index in [4.69, 9.17) is 0 Å². The smallest absolute Gasteiger partial charge is 0.0366 e. The molecule has 0 heterocycles. The summed E-state index contributed by atoms with van der Waals surface area (Å²) in [7, 11) is 0. The molecular formula is C37H53IN2. The normalized spacial score (nSPS) is 14.5. The highest BCUT2D eigenvalue weighted by molar-refractivity contribution is 14.1. The first-order valence-electron chi connectivity index (χ1n) is 16.0. The van der Waals surface area contributed by atoms with Crippen molar-refractivity contribution in [3.63, 3.8) is 0 Å². The Labute approximate surface area is 259 Å². The van der Waals surface area contributed by atoms with Crippen molar-refractivity contribution in [3.8, 4) is 0 Å². The van der Waals surface area contributed by atoms with Gasteiger partial charge in [0.2, 0.25) is 0 Å². The van der Waals surface area contributed by atoms with Crippen LogP contribution in [0.25, 0.3) is 5.57 Å². The summed E-state index contributed by atoms with van der Waals surface area (Å²) >= 11 is 2.50. The maximum absolute atomic E-state index is 2.59. The average Bonchev–Trinajstić information content (AvgIpc) is 2.99. The summed E-state index contributed by atoms with van der Waals surface area (Å²) in [5.74, 6) is 0.486. The van der Waals surface area contributed by atoms with Gasteiger partial charge in [-0.25, -0.2) is 0 Å². The summed E-state index contributed by atoms with van der Waals surface area (Å²) in [6.45, 7) is 13.7. The predicted octanol–water partition coefficient (Wildman–Crippen LogP) is 10.9. The van der Waals surface area contributed by atoms with Gasteiger partial charge in [-0.15, -0.1) is 0 Å². The molecule has 0 saturated carbocycles. The minimum Gasteiger partial charge on any atom is -0.372 e. The lowest BCUT2D eigenvalue weighted by Gasteiger charge is -2.26. The fourth-order valence-electron chi connectivity index (χ4n) is 5.36. The van der Waals surface area contributed by atoms with Gasteiger partial charge in [0.1, 0.15) is 0 Å². The lowest BCUT2D eigenvalue weighted by Crippen LogP contribution is -2.25. The molecule has 0 aromatic heterocycles. The lowest BCUT2D eigenvalue weighted by atomic mass is 9.89. The van der Waals surface area contributed by atoms with Gasteiger partial charge in [-0.3, -0.25) is 0 Å². The van der Waals surface area contributed by atoms with E-state index in [1.165, 1.54) is 95.9 Å². The van der Waals surface area contributed by atoms with E-state index in [0.717, 1.165) is 26.2 Å². The van der Waals surface area contributed by atoms with Crippen molar-refractivity contribution in [1.29, 1.82) is 0 Å². The molecule has 2 nitrogen and oxygen atoms in total. The molecule has 40 heavy (non-hydrogen) atoms. The number of rotatable bonds is 18. The monoisotopic (exact) mass is 652 g/mol. The predicted molar refractivity (Wildman–Crippen MR) is 188 cm³/mol. The van der Waals surface area contributed by atoms with Crippen LogP contribution in [0, 0.1) is 5.92 Å². The molecule has 0 unspecified atom stereocenters. The second-order valence-electron chi connectivity index (χ2n) is 11.3. The lowest BCUT2D eigenvalue weighted by molar-refractivity contribution is 0.653. The molecule has 1 aliphatic carbocycles. The van der Waals surface area contributed by atoms with Crippen molar-refractivity contribution < 1.29 is 0 Å². The molecule has 0 spiro atoms. The van der Waals surface area contributed by atoms with Crippen LogP contribution in [0.2, 0.25) is 0 Å². The van der Waals surface area contributed by atoms with Crippen LogP contribution in [-0.2, 0) is 0 Å². The van der Waals surface area contributed by atoms with E-state index >= 15 is 0 Å². The second-order valence-corrected chi connectivity index (χ2v) is 12.4. The summed E-state index contributed by atoms with van der Waals surface area (Å²) in [6, 6.07) is 18.8. The van der Waals surface area contributed by atoms with Crippen molar-refractivity contribution in [2.24, 2.45) is 5.92 Å². The molecule has 0 radical (unpaired) electrons. The third-order valence-electron chi connectivity index (χ3n) is 7.90. The van der Waals surface area contributed by atoms with Crippen molar-refractivity contribution >= 4 is 39.5 Å². The van der Waals surface area contributed by atoms with Gasteiger partial charge in [-0.05, 0) is 89.0 Å². The van der Waals surface area contributed by atoms with Crippen LogP contribution >= 0.6 is 22.6 Å². The molecule has 0 fully saturated rings. The van der Waals surface area contributed by atoms with Gasteiger partial charge in [-0.2, -0.15) is 0 Å². The SMILES string of the molecule is CCCCCN(CCCC)c1ccc(C(=C2C=CC(C)C=C2)c2ccc(N(CCCC)CCCCI)cc2)cc1. The summed E-state index contributed by atoms with van der Waals surface area (Å²) in [5, 5.41) is 0. The topological polar surface area (TPSA) is 6.48 Å². The zero-order valence-electron chi connectivity index (χ0n) is 25.7. The van der Waals surface area contributed by atoms with Crippen molar-refractivity contribution in [2.75, 3.05) is 40.4 Å². The molecule has 2 aromatic rings. The van der Waals surface area contributed by atoms with E-state index in [2.05, 4.69) is 133 Å². The summed E-state index contributed by atoms with van der Waals surface area (Å²) in [5.41, 5.74) is 7.93. The first-order chi connectivity index (χ1) is 19.6. The fourth-order valence-corrected chi connectivity index (χ4v) is 5.90. The first kappa shape index (κ1) is 32.5. The van der Waals surface area contributed by atoms with Crippen LogP contribution in [0.15, 0.2) is 78.4 Å². The Morgan fingerprint density at radius 3 is 1.45 bits per heavy atom. The average molecular weight is 653 g/mol. The second kappa shape index (κ2) is 18.4. The fraction of sp³-hybridized carbons (Fsp3) is 0.514. The van der Waals surface area contributed by atoms with E-state index in [1.807, 2.05) is 0 Å². The van der Waals surface area contributed by atoms with Gasteiger partial charge in [0.15, 0.2) is 0 Å².